The fourth-order valence-electron chi connectivity index (χ4n) is 10.2. The van der Waals surface area contributed by atoms with E-state index in [0.717, 1.165) is 28.5 Å². The molecule has 1 aromatic heterocycles. The van der Waals surface area contributed by atoms with Gasteiger partial charge in [-0.15, -0.1) is 11.3 Å². The second-order valence-electron chi connectivity index (χ2n) is 18.6. The summed E-state index contributed by atoms with van der Waals surface area (Å²) in [7, 11) is 0. The predicted molar refractivity (Wildman–Crippen MR) is 221 cm³/mol. The average molecular weight is 699 g/mol. The van der Waals surface area contributed by atoms with Crippen molar-refractivity contribution in [3.8, 4) is 45.3 Å². The Hall–Kier alpha value is -4.28. The van der Waals surface area contributed by atoms with Gasteiger partial charge < -0.3 is 9.47 Å². The fourth-order valence-corrected chi connectivity index (χ4v) is 11.4. The second-order valence-corrected chi connectivity index (χ2v) is 19.6. The average Bonchev–Trinajstić information content (AvgIpc) is 3.49. The van der Waals surface area contributed by atoms with Crippen LogP contribution in [0.3, 0.4) is 0 Å². The fraction of sp³-hybridized carbons (Fsp3) is 0.333. The number of ether oxygens (including phenoxy) is 2. The summed E-state index contributed by atoms with van der Waals surface area (Å²) in [6.45, 7) is 19.4. The van der Waals surface area contributed by atoms with E-state index in [0.29, 0.717) is 0 Å². The van der Waals surface area contributed by atoms with Gasteiger partial charge in [-0.2, -0.15) is 0 Å². The molecular weight excluding hydrogens is 651 g/mol. The maximum Gasteiger partial charge on any atom is 0.273 e. The number of hydrogen-bond acceptors (Lipinski definition) is 3. The third-order valence-electron chi connectivity index (χ3n) is 13.3. The van der Waals surface area contributed by atoms with Crippen LogP contribution < -0.4 is 25.2 Å². The van der Waals surface area contributed by atoms with Gasteiger partial charge in [0.1, 0.15) is 23.0 Å². The molecule has 0 bridgehead atoms. The summed E-state index contributed by atoms with van der Waals surface area (Å²) in [5.41, 5.74) is 14.1. The summed E-state index contributed by atoms with van der Waals surface area (Å²) in [4.78, 5) is 0. The Bertz CT molecular complexity index is 2490. The molecular formula is C48H47BO2S. The van der Waals surface area contributed by atoms with Gasteiger partial charge in [0.05, 0.1) is 0 Å². The number of thiophene rings is 1. The summed E-state index contributed by atoms with van der Waals surface area (Å²) >= 11 is 1.87. The van der Waals surface area contributed by atoms with E-state index in [1.807, 2.05) is 11.3 Å². The van der Waals surface area contributed by atoms with E-state index in [1.165, 1.54) is 90.5 Å². The van der Waals surface area contributed by atoms with E-state index in [1.54, 1.807) is 0 Å². The molecule has 10 rings (SSSR count). The molecule has 4 aliphatic rings. The molecule has 0 N–H and O–H groups in total. The molecule has 2 aliphatic carbocycles. The van der Waals surface area contributed by atoms with Crippen molar-refractivity contribution in [2.24, 2.45) is 0 Å². The van der Waals surface area contributed by atoms with Gasteiger partial charge in [0.15, 0.2) is 0 Å². The van der Waals surface area contributed by atoms with Crippen LogP contribution in [0.2, 0.25) is 0 Å². The van der Waals surface area contributed by atoms with Gasteiger partial charge >= 0.3 is 0 Å². The van der Waals surface area contributed by atoms with Crippen LogP contribution in [-0.4, -0.2) is 6.71 Å². The minimum Gasteiger partial charge on any atom is -0.458 e. The van der Waals surface area contributed by atoms with Crippen molar-refractivity contribution in [1.29, 1.82) is 0 Å². The first-order chi connectivity index (χ1) is 24.7. The molecule has 2 nitrogen and oxygen atoms in total. The quantitative estimate of drug-likeness (QED) is 0.167. The Morgan fingerprint density at radius 3 is 1.71 bits per heavy atom. The largest absolute Gasteiger partial charge is 0.458 e. The summed E-state index contributed by atoms with van der Waals surface area (Å²) in [5.74, 6) is 3.74. The van der Waals surface area contributed by atoms with Crippen molar-refractivity contribution in [2.75, 3.05) is 0 Å². The summed E-state index contributed by atoms with van der Waals surface area (Å²) in [6.07, 6.45) is 4.79. The zero-order valence-corrected chi connectivity index (χ0v) is 32.6. The molecule has 0 fully saturated rings. The van der Waals surface area contributed by atoms with Crippen LogP contribution in [0.15, 0.2) is 91.0 Å². The van der Waals surface area contributed by atoms with E-state index in [-0.39, 0.29) is 28.4 Å². The minimum absolute atomic E-state index is 0.0536. The molecule has 0 amide bonds. The summed E-state index contributed by atoms with van der Waals surface area (Å²) < 4.78 is 16.2. The lowest BCUT2D eigenvalue weighted by Gasteiger charge is -2.43. The molecule has 2 aliphatic heterocycles. The standard InChI is InChI=1S/C48H47BO2S/c1-45(2)22-24-47(5,6)40-30(12-9-14-33(40)45)28-19-21-39-32(26-28)43-44(52-39)49-35-20-18-29(27-38(35)50-36-16-11-17-37(51-43)42(36)49)31-13-10-15-34-41(31)48(7,8)25-23-46(34,3)4/h9-21,26-27H,22-25H2,1-8H3. The second kappa shape index (κ2) is 10.7. The number of hydrogen-bond donors (Lipinski definition) is 0. The molecule has 5 aromatic carbocycles. The molecule has 6 aromatic rings. The van der Waals surface area contributed by atoms with E-state index in [2.05, 4.69) is 146 Å². The van der Waals surface area contributed by atoms with E-state index in [9.17, 15) is 0 Å². The molecule has 0 atom stereocenters. The van der Waals surface area contributed by atoms with Gasteiger partial charge in [0.2, 0.25) is 0 Å². The molecule has 260 valence electrons. The smallest absolute Gasteiger partial charge is 0.273 e. The molecule has 52 heavy (non-hydrogen) atoms. The SMILES string of the molecule is CC1(C)CCC(C)(C)c2c(-c3ccc4c(c3)Oc3cccc5c3B4c3sc4ccc(-c6cccc7c6C(C)(C)CCC7(C)C)cc4c3O5)cccc21. The Morgan fingerprint density at radius 2 is 1.08 bits per heavy atom. The summed E-state index contributed by atoms with van der Waals surface area (Å²) in [6, 6.07) is 34.2. The van der Waals surface area contributed by atoms with Crippen molar-refractivity contribution in [1.82, 2.24) is 0 Å². The number of fused-ring (bicyclic) bond motifs is 8. The molecule has 4 heteroatoms. The monoisotopic (exact) mass is 698 g/mol. The van der Waals surface area contributed by atoms with Crippen molar-refractivity contribution >= 4 is 43.8 Å². The Kier molecular flexibility index (Phi) is 6.64. The van der Waals surface area contributed by atoms with Gasteiger partial charge in [-0.3, -0.25) is 0 Å². The Labute approximate surface area is 313 Å². The third kappa shape index (κ3) is 4.55. The van der Waals surface area contributed by atoms with Crippen LogP contribution in [-0.2, 0) is 21.7 Å². The van der Waals surface area contributed by atoms with Crippen LogP contribution >= 0.6 is 11.3 Å². The van der Waals surface area contributed by atoms with E-state index < -0.39 is 0 Å². The molecule has 0 unspecified atom stereocenters. The maximum absolute atomic E-state index is 6.90. The van der Waals surface area contributed by atoms with Crippen molar-refractivity contribution in [2.45, 2.75) is 103 Å². The van der Waals surface area contributed by atoms with E-state index in [4.69, 9.17) is 9.47 Å². The van der Waals surface area contributed by atoms with Gasteiger partial charge in [0.25, 0.3) is 6.71 Å². The number of rotatable bonds is 2. The van der Waals surface area contributed by atoms with E-state index >= 15 is 0 Å². The topological polar surface area (TPSA) is 18.5 Å². The van der Waals surface area contributed by atoms with Crippen LogP contribution in [0.5, 0.6) is 23.0 Å². The lowest BCUT2D eigenvalue weighted by Crippen LogP contribution is -2.56. The van der Waals surface area contributed by atoms with Crippen molar-refractivity contribution < 1.29 is 9.47 Å². The number of benzene rings is 5. The van der Waals surface area contributed by atoms with Crippen LogP contribution in [0.1, 0.15) is 103 Å². The molecule has 0 radical (unpaired) electrons. The zero-order valence-electron chi connectivity index (χ0n) is 31.8. The first kappa shape index (κ1) is 32.4. The van der Waals surface area contributed by atoms with Crippen molar-refractivity contribution in [3.05, 3.63) is 113 Å². The molecule has 3 heterocycles. The highest BCUT2D eigenvalue weighted by molar-refractivity contribution is 7.33. The molecule has 0 saturated carbocycles. The molecule has 0 spiro atoms. The summed E-state index contributed by atoms with van der Waals surface area (Å²) in [5, 5.41) is 1.20. The van der Waals surface area contributed by atoms with Gasteiger partial charge in [-0.25, -0.2) is 0 Å². The van der Waals surface area contributed by atoms with Crippen LogP contribution in [0.25, 0.3) is 32.3 Å². The highest BCUT2D eigenvalue weighted by atomic mass is 32.1. The van der Waals surface area contributed by atoms with Crippen LogP contribution in [0.4, 0.5) is 0 Å². The Balaban J connectivity index is 1.12. The zero-order chi connectivity index (χ0) is 35.9. The van der Waals surface area contributed by atoms with Gasteiger partial charge in [-0.05, 0) is 128 Å². The first-order valence-corrected chi connectivity index (χ1v) is 20.0. The highest BCUT2D eigenvalue weighted by Gasteiger charge is 2.44. The molecule has 0 saturated heterocycles. The van der Waals surface area contributed by atoms with Crippen molar-refractivity contribution in [3.63, 3.8) is 0 Å². The van der Waals surface area contributed by atoms with Gasteiger partial charge in [0, 0.05) is 20.3 Å². The minimum atomic E-state index is 0.0536. The predicted octanol–water partition coefficient (Wildman–Crippen LogP) is 11.7. The Morgan fingerprint density at radius 1 is 0.538 bits per heavy atom. The maximum atomic E-state index is 6.90. The highest BCUT2D eigenvalue weighted by Crippen LogP contribution is 2.52. The normalized spacial score (nSPS) is 19.3. The lowest BCUT2D eigenvalue weighted by atomic mass is 9.37. The lowest BCUT2D eigenvalue weighted by molar-refractivity contribution is 0.333. The van der Waals surface area contributed by atoms with Crippen LogP contribution in [0, 0.1) is 0 Å². The third-order valence-corrected chi connectivity index (χ3v) is 14.5. The first-order valence-electron chi connectivity index (χ1n) is 19.2. The van der Waals surface area contributed by atoms with Gasteiger partial charge in [-0.1, -0.05) is 116 Å².